The summed E-state index contributed by atoms with van der Waals surface area (Å²) in [4.78, 5) is 12.5. The average molecular weight is 209 g/mol. The minimum absolute atomic E-state index is 0.0369. The molecule has 4 nitrogen and oxygen atoms in total. The fourth-order valence-electron chi connectivity index (χ4n) is 1.28. The van der Waals surface area contributed by atoms with E-state index >= 15 is 0 Å². The van der Waals surface area contributed by atoms with E-state index in [4.69, 9.17) is 9.52 Å². The molecule has 0 aliphatic carbocycles. The third kappa shape index (κ3) is 2.87. The second-order valence-corrected chi connectivity index (χ2v) is 3.41. The summed E-state index contributed by atoms with van der Waals surface area (Å²) >= 11 is 0. The summed E-state index contributed by atoms with van der Waals surface area (Å²) in [6, 6.07) is 3.12. The first-order chi connectivity index (χ1) is 7.04. The number of likely N-dealkylation sites (N-methyl/N-ethyl adjacent to an activating group) is 1. The number of rotatable bonds is 5. The predicted octanol–water partition coefficient (Wildman–Crippen LogP) is 2.38. The zero-order valence-electron chi connectivity index (χ0n) is 8.99. The smallest absolute Gasteiger partial charge is 0.371 e. The Morgan fingerprint density at radius 1 is 1.60 bits per heavy atom. The minimum Gasteiger partial charge on any atom is -0.475 e. The Kier molecular flexibility index (Phi) is 3.55. The summed E-state index contributed by atoms with van der Waals surface area (Å²) in [5.41, 5.74) is 1.00. The lowest BCUT2D eigenvalue weighted by Gasteiger charge is -2.19. The first-order valence-corrected chi connectivity index (χ1v) is 4.77. The third-order valence-corrected chi connectivity index (χ3v) is 1.96. The van der Waals surface area contributed by atoms with Crippen molar-refractivity contribution >= 4 is 11.9 Å². The van der Waals surface area contributed by atoms with Crippen LogP contribution in [0, 0.1) is 0 Å². The van der Waals surface area contributed by atoms with Gasteiger partial charge in [-0.05, 0) is 19.9 Å². The number of hydrogen-bond donors (Lipinski definition) is 1. The fourth-order valence-corrected chi connectivity index (χ4v) is 1.28. The van der Waals surface area contributed by atoms with Gasteiger partial charge in [0.25, 0.3) is 0 Å². The van der Waals surface area contributed by atoms with Crippen LogP contribution in [0.5, 0.6) is 0 Å². The monoisotopic (exact) mass is 209 g/mol. The highest BCUT2D eigenvalue weighted by Gasteiger charge is 2.13. The predicted molar refractivity (Wildman–Crippen MR) is 58.4 cm³/mol. The topological polar surface area (TPSA) is 53.7 Å². The number of aromatic carboxylic acids is 1. The van der Waals surface area contributed by atoms with Crippen molar-refractivity contribution in [3.63, 3.8) is 0 Å². The van der Waals surface area contributed by atoms with Crippen LogP contribution >= 0.6 is 0 Å². The van der Waals surface area contributed by atoms with E-state index < -0.39 is 5.97 Å². The molecule has 0 saturated carbocycles. The van der Waals surface area contributed by atoms with E-state index in [0.29, 0.717) is 12.4 Å². The maximum absolute atomic E-state index is 10.6. The van der Waals surface area contributed by atoms with E-state index in [-0.39, 0.29) is 5.76 Å². The van der Waals surface area contributed by atoms with Gasteiger partial charge in [-0.1, -0.05) is 12.2 Å². The van der Waals surface area contributed by atoms with Crippen LogP contribution in [-0.2, 0) is 0 Å². The number of nitrogens with zero attached hydrogens (tertiary/aromatic N) is 1. The van der Waals surface area contributed by atoms with Crippen molar-refractivity contribution in [1.29, 1.82) is 0 Å². The lowest BCUT2D eigenvalue weighted by molar-refractivity contribution is 0.0663. The first kappa shape index (κ1) is 11.4. The molecule has 0 aromatic carbocycles. The molecule has 1 aromatic rings. The SMILES string of the molecule is C=C(C)CN(CC)c1ccc(C(=O)O)o1. The standard InChI is InChI=1S/C11H15NO3/c1-4-12(7-8(2)3)10-6-5-9(15-10)11(13)14/h5-6H,2,4,7H2,1,3H3,(H,13,14). The molecule has 0 bridgehead atoms. The van der Waals surface area contributed by atoms with Gasteiger partial charge in [-0.2, -0.15) is 0 Å². The molecule has 1 rings (SSSR count). The van der Waals surface area contributed by atoms with E-state index in [1.54, 1.807) is 6.07 Å². The minimum atomic E-state index is -1.05. The maximum atomic E-state index is 10.6. The van der Waals surface area contributed by atoms with Gasteiger partial charge in [0.05, 0.1) is 0 Å². The van der Waals surface area contributed by atoms with Gasteiger partial charge in [0.15, 0.2) is 5.88 Å². The molecule has 0 aliphatic heterocycles. The molecule has 0 unspecified atom stereocenters. The van der Waals surface area contributed by atoms with Crippen LogP contribution < -0.4 is 4.90 Å². The molecule has 0 radical (unpaired) electrons. The van der Waals surface area contributed by atoms with Gasteiger partial charge in [-0.15, -0.1) is 0 Å². The average Bonchev–Trinajstić information content (AvgIpc) is 2.62. The van der Waals surface area contributed by atoms with Crippen LogP contribution in [0.3, 0.4) is 0 Å². The molecule has 0 spiro atoms. The molecule has 1 aromatic heterocycles. The molecule has 0 aliphatic rings. The van der Waals surface area contributed by atoms with Crippen LogP contribution in [-0.4, -0.2) is 24.2 Å². The quantitative estimate of drug-likeness (QED) is 0.756. The Bertz CT molecular complexity index is 368. The van der Waals surface area contributed by atoms with Gasteiger partial charge in [0, 0.05) is 19.2 Å². The van der Waals surface area contributed by atoms with Crippen molar-refractivity contribution in [2.45, 2.75) is 13.8 Å². The highest BCUT2D eigenvalue weighted by atomic mass is 16.4. The van der Waals surface area contributed by atoms with E-state index in [1.807, 2.05) is 18.7 Å². The molecule has 1 N–H and O–H groups in total. The molecule has 0 amide bonds. The van der Waals surface area contributed by atoms with Crippen LogP contribution in [0.4, 0.5) is 5.88 Å². The second-order valence-electron chi connectivity index (χ2n) is 3.41. The Hall–Kier alpha value is -1.71. The summed E-state index contributed by atoms with van der Waals surface area (Å²) in [5.74, 6) is -0.518. The van der Waals surface area contributed by atoms with Gasteiger partial charge in [0.2, 0.25) is 5.76 Å². The number of carboxylic acid groups (broad SMARTS) is 1. The first-order valence-electron chi connectivity index (χ1n) is 4.77. The summed E-state index contributed by atoms with van der Waals surface area (Å²) in [6.07, 6.45) is 0. The summed E-state index contributed by atoms with van der Waals surface area (Å²) < 4.78 is 5.18. The normalized spacial score (nSPS) is 10.0. The van der Waals surface area contributed by atoms with E-state index in [9.17, 15) is 4.79 Å². The molecule has 0 fully saturated rings. The summed E-state index contributed by atoms with van der Waals surface area (Å²) in [6.45, 7) is 9.13. The Balaban J connectivity index is 2.83. The Labute approximate surface area is 88.8 Å². The Morgan fingerprint density at radius 3 is 2.67 bits per heavy atom. The number of hydrogen-bond acceptors (Lipinski definition) is 3. The second kappa shape index (κ2) is 4.68. The number of anilines is 1. The molecular weight excluding hydrogens is 194 g/mol. The number of carbonyl (C=O) groups is 1. The zero-order valence-corrected chi connectivity index (χ0v) is 8.99. The Morgan fingerprint density at radius 2 is 2.27 bits per heavy atom. The summed E-state index contributed by atoms with van der Waals surface area (Å²) in [7, 11) is 0. The van der Waals surface area contributed by atoms with E-state index in [0.717, 1.165) is 12.1 Å². The van der Waals surface area contributed by atoms with Crippen molar-refractivity contribution in [2.75, 3.05) is 18.0 Å². The highest BCUT2D eigenvalue weighted by Crippen LogP contribution is 2.19. The van der Waals surface area contributed by atoms with E-state index in [1.165, 1.54) is 6.07 Å². The molecule has 1 heterocycles. The summed E-state index contributed by atoms with van der Waals surface area (Å²) in [5, 5.41) is 8.70. The maximum Gasteiger partial charge on any atom is 0.371 e. The van der Waals surface area contributed by atoms with Crippen molar-refractivity contribution in [1.82, 2.24) is 0 Å². The molecule has 0 saturated heterocycles. The van der Waals surface area contributed by atoms with Gasteiger partial charge < -0.3 is 14.4 Å². The molecule has 4 heteroatoms. The third-order valence-electron chi connectivity index (χ3n) is 1.96. The van der Waals surface area contributed by atoms with Gasteiger partial charge in [0.1, 0.15) is 0 Å². The van der Waals surface area contributed by atoms with Gasteiger partial charge >= 0.3 is 5.97 Å². The molecule has 0 atom stereocenters. The molecule has 15 heavy (non-hydrogen) atoms. The van der Waals surface area contributed by atoms with Crippen molar-refractivity contribution < 1.29 is 14.3 Å². The van der Waals surface area contributed by atoms with Gasteiger partial charge in [-0.25, -0.2) is 4.79 Å². The lowest BCUT2D eigenvalue weighted by atomic mass is 10.3. The van der Waals surface area contributed by atoms with Crippen LogP contribution in [0.2, 0.25) is 0 Å². The molecule has 82 valence electrons. The number of carboxylic acids is 1. The largest absolute Gasteiger partial charge is 0.475 e. The van der Waals surface area contributed by atoms with Crippen molar-refractivity contribution in [3.05, 3.63) is 30.0 Å². The highest BCUT2D eigenvalue weighted by molar-refractivity contribution is 5.84. The van der Waals surface area contributed by atoms with Crippen LogP contribution in [0.25, 0.3) is 0 Å². The number of furan rings is 1. The fraction of sp³-hybridized carbons (Fsp3) is 0.364. The molecular formula is C11H15NO3. The van der Waals surface area contributed by atoms with Crippen LogP contribution in [0.1, 0.15) is 24.4 Å². The zero-order chi connectivity index (χ0) is 11.4. The van der Waals surface area contributed by atoms with E-state index in [2.05, 4.69) is 6.58 Å². The van der Waals surface area contributed by atoms with Gasteiger partial charge in [-0.3, -0.25) is 0 Å². The van der Waals surface area contributed by atoms with Crippen molar-refractivity contribution in [3.8, 4) is 0 Å². The van der Waals surface area contributed by atoms with Crippen LogP contribution in [0.15, 0.2) is 28.7 Å². The lowest BCUT2D eigenvalue weighted by Crippen LogP contribution is -2.23. The van der Waals surface area contributed by atoms with Crippen molar-refractivity contribution in [2.24, 2.45) is 0 Å².